The summed E-state index contributed by atoms with van der Waals surface area (Å²) < 4.78 is 16.9. The van der Waals surface area contributed by atoms with Crippen molar-refractivity contribution in [1.29, 1.82) is 0 Å². The molecule has 0 aliphatic heterocycles. The lowest BCUT2D eigenvalue weighted by Gasteiger charge is -2.18. The van der Waals surface area contributed by atoms with Crippen LogP contribution >= 0.6 is 0 Å². The van der Waals surface area contributed by atoms with Gasteiger partial charge in [0.25, 0.3) is 0 Å². The molecule has 0 rings (SSSR count). The van der Waals surface area contributed by atoms with Crippen LogP contribution in [0.1, 0.15) is 297 Å². The largest absolute Gasteiger partial charge is 0.462 e. The van der Waals surface area contributed by atoms with Crippen LogP contribution in [-0.2, 0) is 28.6 Å². The van der Waals surface area contributed by atoms with Crippen molar-refractivity contribution in [2.45, 2.75) is 303 Å². The van der Waals surface area contributed by atoms with Crippen LogP contribution < -0.4 is 0 Å². The summed E-state index contributed by atoms with van der Waals surface area (Å²) in [4.78, 5) is 38.1. The number of ether oxygens (including phenoxy) is 3. The Kier molecular flexibility index (Phi) is 54.3. The zero-order valence-corrected chi connectivity index (χ0v) is 45.1. The molecule has 6 heteroatoms. The fourth-order valence-electron chi connectivity index (χ4n) is 8.37. The molecule has 0 amide bonds. The highest BCUT2D eigenvalue weighted by molar-refractivity contribution is 5.71. The number of rotatable bonds is 53. The highest BCUT2D eigenvalue weighted by atomic mass is 16.6. The molecule has 0 aromatic rings. The van der Waals surface area contributed by atoms with E-state index in [0.717, 1.165) is 89.9 Å². The Labute approximate surface area is 421 Å². The predicted molar refractivity (Wildman–Crippen MR) is 293 cm³/mol. The zero-order chi connectivity index (χ0) is 49.3. The molecule has 0 heterocycles. The Morgan fingerprint density at radius 2 is 0.574 bits per heavy atom. The molecule has 68 heavy (non-hydrogen) atoms. The molecule has 0 aromatic heterocycles. The molecule has 0 fully saturated rings. The molecule has 0 aliphatic rings. The minimum absolute atomic E-state index is 0.0762. The van der Waals surface area contributed by atoms with E-state index >= 15 is 0 Å². The predicted octanol–water partition coefficient (Wildman–Crippen LogP) is 19.6. The van der Waals surface area contributed by atoms with Crippen molar-refractivity contribution >= 4 is 17.9 Å². The van der Waals surface area contributed by atoms with E-state index in [4.69, 9.17) is 14.2 Å². The number of esters is 3. The van der Waals surface area contributed by atoms with E-state index in [-0.39, 0.29) is 31.1 Å². The summed E-state index contributed by atoms with van der Waals surface area (Å²) >= 11 is 0. The lowest BCUT2D eigenvalue weighted by atomic mass is 10.0. The van der Waals surface area contributed by atoms with Crippen molar-refractivity contribution in [2.75, 3.05) is 13.2 Å². The number of allylic oxidation sites excluding steroid dienone is 10. The molecule has 0 saturated heterocycles. The molecule has 0 N–H and O–H groups in total. The average molecular weight is 952 g/mol. The van der Waals surface area contributed by atoms with E-state index < -0.39 is 6.10 Å². The molecule has 0 spiro atoms. The van der Waals surface area contributed by atoms with Crippen LogP contribution in [0.3, 0.4) is 0 Å². The van der Waals surface area contributed by atoms with Gasteiger partial charge in [-0.25, -0.2) is 0 Å². The Balaban J connectivity index is 4.30. The van der Waals surface area contributed by atoms with E-state index in [2.05, 4.69) is 81.5 Å². The van der Waals surface area contributed by atoms with Gasteiger partial charge in [-0.1, -0.05) is 255 Å². The van der Waals surface area contributed by atoms with Gasteiger partial charge in [-0.15, -0.1) is 0 Å². The molecule has 394 valence electrons. The van der Waals surface area contributed by atoms with Crippen LogP contribution in [0.5, 0.6) is 0 Å². The van der Waals surface area contributed by atoms with Gasteiger partial charge in [-0.2, -0.15) is 0 Å². The maximum absolute atomic E-state index is 12.8. The van der Waals surface area contributed by atoms with Gasteiger partial charge >= 0.3 is 17.9 Å². The van der Waals surface area contributed by atoms with Gasteiger partial charge in [-0.3, -0.25) is 14.4 Å². The smallest absolute Gasteiger partial charge is 0.306 e. The van der Waals surface area contributed by atoms with Gasteiger partial charge in [0.2, 0.25) is 0 Å². The molecule has 1 atom stereocenters. The normalized spacial score (nSPS) is 12.5. The summed E-state index contributed by atoms with van der Waals surface area (Å²) in [5, 5.41) is 0. The summed E-state index contributed by atoms with van der Waals surface area (Å²) in [5.74, 6) is -0.876. The maximum Gasteiger partial charge on any atom is 0.306 e. The second-order valence-electron chi connectivity index (χ2n) is 19.5. The molecule has 1 unspecified atom stereocenters. The molecular weight excluding hydrogens is 841 g/mol. The van der Waals surface area contributed by atoms with Crippen molar-refractivity contribution < 1.29 is 28.6 Å². The van der Waals surface area contributed by atoms with Gasteiger partial charge in [-0.05, 0) is 83.5 Å². The molecule has 0 aromatic carbocycles. The van der Waals surface area contributed by atoms with Crippen molar-refractivity contribution in [3.05, 3.63) is 60.8 Å². The molecule has 0 bridgehead atoms. The van der Waals surface area contributed by atoms with Crippen LogP contribution in [-0.4, -0.2) is 37.2 Å². The van der Waals surface area contributed by atoms with Gasteiger partial charge in [0, 0.05) is 19.3 Å². The monoisotopic (exact) mass is 951 g/mol. The van der Waals surface area contributed by atoms with Gasteiger partial charge in [0.1, 0.15) is 13.2 Å². The van der Waals surface area contributed by atoms with Gasteiger partial charge in [0.05, 0.1) is 0 Å². The van der Waals surface area contributed by atoms with Crippen molar-refractivity contribution in [3.8, 4) is 0 Å². The maximum atomic E-state index is 12.8. The van der Waals surface area contributed by atoms with E-state index in [1.807, 2.05) is 0 Å². The number of carbonyl (C=O) groups excluding carboxylic acids is 3. The van der Waals surface area contributed by atoms with Gasteiger partial charge < -0.3 is 14.2 Å². The average Bonchev–Trinajstić information content (AvgIpc) is 3.34. The van der Waals surface area contributed by atoms with Crippen LogP contribution in [0.2, 0.25) is 0 Å². The SMILES string of the molecule is CC/C=C\C/C=C\C/C=C\C/C=C\CCCCCCCCCCCCC(=O)OCC(COC(=O)CCCCCCC/C=C\CCCCCC)OC(=O)CCCCCCCCCCCCCCCC. The lowest BCUT2D eigenvalue weighted by molar-refractivity contribution is -0.167. The van der Waals surface area contributed by atoms with Crippen LogP contribution in [0, 0.1) is 0 Å². The highest BCUT2D eigenvalue weighted by Crippen LogP contribution is 2.16. The molecule has 0 radical (unpaired) electrons. The Bertz CT molecular complexity index is 1230. The molecule has 6 nitrogen and oxygen atoms in total. The second kappa shape index (κ2) is 56.7. The zero-order valence-electron chi connectivity index (χ0n) is 45.1. The summed E-state index contributed by atoms with van der Waals surface area (Å²) in [6, 6.07) is 0. The minimum atomic E-state index is -0.776. The summed E-state index contributed by atoms with van der Waals surface area (Å²) in [6.45, 7) is 6.53. The van der Waals surface area contributed by atoms with E-state index in [1.54, 1.807) is 0 Å². The summed E-state index contributed by atoms with van der Waals surface area (Å²) in [5.41, 5.74) is 0. The lowest BCUT2D eigenvalue weighted by Crippen LogP contribution is -2.30. The first-order chi connectivity index (χ1) is 33.5. The first-order valence-electron chi connectivity index (χ1n) is 29.3. The Hall–Kier alpha value is -2.89. The molecule has 0 saturated carbocycles. The van der Waals surface area contributed by atoms with Crippen molar-refractivity contribution in [2.24, 2.45) is 0 Å². The topological polar surface area (TPSA) is 78.9 Å². The first kappa shape index (κ1) is 65.1. The summed E-state index contributed by atoms with van der Waals surface area (Å²) in [6.07, 6.45) is 70.7. The Morgan fingerprint density at radius 3 is 0.926 bits per heavy atom. The van der Waals surface area contributed by atoms with Crippen molar-refractivity contribution in [3.63, 3.8) is 0 Å². The third kappa shape index (κ3) is 54.1. The second-order valence-corrected chi connectivity index (χ2v) is 19.5. The fraction of sp³-hybridized carbons (Fsp3) is 0.790. The van der Waals surface area contributed by atoms with Crippen LogP contribution in [0.25, 0.3) is 0 Å². The number of hydrogen-bond donors (Lipinski definition) is 0. The van der Waals surface area contributed by atoms with Gasteiger partial charge in [0.15, 0.2) is 6.10 Å². The van der Waals surface area contributed by atoms with Crippen LogP contribution in [0.4, 0.5) is 0 Å². The number of hydrogen-bond acceptors (Lipinski definition) is 6. The number of unbranched alkanes of at least 4 members (excludes halogenated alkanes) is 32. The molecule has 0 aliphatic carbocycles. The van der Waals surface area contributed by atoms with E-state index in [9.17, 15) is 14.4 Å². The first-order valence-corrected chi connectivity index (χ1v) is 29.3. The van der Waals surface area contributed by atoms with Crippen molar-refractivity contribution in [1.82, 2.24) is 0 Å². The van der Waals surface area contributed by atoms with E-state index in [0.29, 0.717) is 19.3 Å². The third-order valence-electron chi connectivity index (χ3n) is 12.8. The van der Waals surface area contributed by atoms with E-state index in [1.165, 1.54) is 167 Å². The molecular formula is C62H110O6. The standard InChI is InChI=1S/C62H110O6/c1-4-7-10-13-16-19-22-25-27-28-29-30-31-32-33-34-35-38-40-43-46-49-52-55-61(64)67-58-59(57-66-60(63)54-51-48-45-42-39-36-24-21-18-15-12-9-6-3)68-62(65)56-53-50-47-44-41-37-26-23-20-17-14-11-8-5-2/h7,10,16,19,21,24-25,27,29-30,59H,4-6,8-9,11-15,17-18,20,22-23,26,28,31-58H2,1-3H3/b10-7-,19-16-,24-21-,27-25-,30-29-. The summed E-state index contributed by atoms with van der Waals surface area (Å²) in [7, 11) is 0. The highest BCUT2D eigenvalue weighted by Gasteiger charge is 2.19. The Morgan fingerprint density at radius 1 is 0.309 bits per heavy atom. The fourth-order valence-corrected chi connectivity index (χ4v) is 8.37. The quantitative estimate of drug-likeness (QED) is 0.0262. The van der Waals surface area contributed by atoms with Crippen LogP contribution in [0.15, 0.2) is 60.8 Å². The number of carbonyl (C=O) groups is 3. The minimum Gasteiger partial charge on any atom is -0.462 e. The third-order valence-corrected chi connectivity index (χ3v) is 12.8.